The van der Waals surface area contributed by atoms with Gasteiger partial charge in [-0.15, -0.1) is 0 Å². The molecular weight excluding hydrogens is 369 g/mol. The maximum atomic E-state index is 13.9. The lowest BCUT2D eigenvalue weighted by Crippen LogP contribution is -2.14. The molecule has 1 amide bonds. The van der Waals surface area contributed by atoms with Crippen LogP contribution in [-0.4, -0.2) is 20.6 Å². The van der Waals surface area contributed by atoms with Gasteiger partial charge in [-0.05, 0) is 31.2 Å². The average Bonchev–Trinajstić information content (AvgIpc) is 2.87. The fourth-order valence-corrected chi connectivity index (χ4v) is 3.30. The monoisotopic (exact) mass is 381 g/mol. The number of anilines is 1. The van der Waals surface area contributed by atoms with Crippen LogP contribution in [0.2, 0.25) is 5.02 Å². The van der Waals surface area contributed by atoms with Gasteiger partial charge in [0.2, 0.25) is 0 Å². The molecule has 0 fully saturated rings. The van der Waals surface area contributed by atoms with E-state index in [4.69, 9.17) is 16.0 Å². The lowest BCUT2D eigenvalue weighted by atomic mass is 10.1. The first-order valence-electron chi connectivity index (χ1n) is 7.17. The Morgan fingerprint density at radius 2 is 1.96 bits per heavy atom. The summed E-state index contributed by atoms with van der Waals surface area (Å²) >= 11 is 6.05. The minimum atomic E-state index is -3.54. The van der Waals surface area contributed by atoms with Gasteiger partial charge in [0.15, 0.2) is 21.2 Å². The fourth-order valence-electron chi connectivity index (χ4n) is 2.44. The summed E-state index contributed by atoms with van der Waals surface area (Å²) in [5.41, 5.74) is 0.658. The molecule has 0 unspecified atom stereocenters. The van der Waals surface area contributed by atoms with Crippen LogP contribution in [0.15, 0.2) is 45.7 Å². The zero-order valence-electron chi connectivity index (χ0n) is 13.3. The lowest BCUT2D eigenvalue weighted by molar-refractivity contribution is 0.0997. The maximum Gasteiger partial charge on any atom is 0.291 e. The number of furan rings is 1. The second-order valence-electron chi connectivity index (χ2n) is 5.54. The number of hydrogen-bond donors (Lipinski definition) is 1. The largest absolute Gasteiger partial charge is 0.449 e. The standard InChI is InChI=1S/C17H13ClFNO4S/c1-9-11-4-3-5-12(18)16(11)24-15(9)17(21)20-14-8-10(25(2,22)23)6-7-13(14)19/h3-8H,1-2H3,(H,20,21). The summed E-state index contributed by atoms with van der Waals surface area (Å²) < 4.78 is 42.6. The number of halogens is 2. The molecule has 1 aromatic heterocycles. The summed E-state index contributed by atoms with van der Waals surface area (Å²) in [6.07, 6.45) is 0.997. The zero-order chi connectivity index (χ0) is 18.4. The van der Waals surface area contributed by atoms with Crippen molar-refractivity contribution in [2.45, 2.75) is 11.8 Å². The summed E-state index contributed by atoms with van der Waals surface area (Å²) in [4.78, 5) is 12.4. The number of hydrogen-bond acceptors (Lipinski definition) is 4. The number of carbonyl (C=O) groups excluding carboxylic acids is 1. The molecule has 1 N–H and O–H groups in total. The van der Waals surface area contributed by atoms with Crippen LogP contribution in [0.3, 0.4) is 0 Å². The Morgan fingerprint density at radius 3 is 2.60 bits per heavy atom. The molecule has 25 heavy (non-hydrogen) atoms. The van der Waals surface area contributed by atoms with Crippen LogP contribution in [0.5, 0.6) is 0 Å². The highest BCUT2D eigenvalue weighted by Gasteiger charge is 2.21. The van der Waals surface area contributed by atoms with Crippen molar-refractivity contribution >= 4 is 44.0 Å². The van der Waals surface area contributed by atoms with Crippen LogP contribution in [0.1, 0.15) is 16.1 Å². The summed E-state index contributed by atoms with van der Waals surface area (Å²) in [5.74, 6) is -1.48. The molecule has 130 valence electrons. The number of aryl methyl sites for hydroxylation is 1. The molecule has 0 aliphatic heterocycles. The molecular formula is C17H13ClFNO4S. The quantitative estimate of drug-likeness (QED) is 0.690. The van der Waals surface area contributed by atoms with Crippen LogP contribution in [0.25, 0.3) is 11.0 Å². The van der Waals surface area contributed by atoms with E-state index < -0.39 is 21.6 Å². The zero-order valence-corrected chi connectivity index (χ0v) is 14.8. The maximum absolute atomic E-state index is 13.9. The highest BCUT2D eigenvalue weighted by molar-refractivity contribution is 7.90. The van der Waals surface area contributed by atoms with E-state index in [0.29, 0.717) is 21.6 Å². The Balaban J connectivity index is 2.01. The van der Waals surface area contributed by atoms with Crippen LogP contribution in [-0.2, 0) is 9.84 Å². The fraction of sp³-hybridized carbons (Fsp3) is 0.118. The summed E-state index contributed by atoms with van der Waals surface area (Å²) in [6.45, 7) is 1.68. The normalized spacial score (nSPS) is 11.7. The number of para-hydroxylation sites is 1. The second-order valence-corrected chi connectivity index (χ2v) is 7.96. The van der Waals surface area contributed by atoms with Gasteiger partial charge >= 0.3 is 0 Å². The summed E-state index contributed by atoms with van der Waals surface area (Å²) in [5, 5.41) is 3.37. The van der Waals surface area contributed by atoms with Crippen molar-refractivity contribution in [2.75, 3.05) is 11.6 Å². The predicted molar refractivity (Wildman–Crippen MR) is 93.4 cm³/mol. The van der Waals surface area contributed by atoms with Gasteiger partial charge in [-0.3, -0.25) is 4.79 Å². The molecule has 0 saturated carbocycles. The topological polar surface area (TPSA) is 76.4 Å². The van der Waals surface area contributed by atoms with Gasteiger partial charge in [-0.2, -0.15) is 0 Å². The van der Waals surface area contributed by atoms with Crippen LogP contribution in [0, 0.1) is 12.7 Å². The molecule has 0 aliphatic carbocycles. The van der Waals surface area contributed by atoms with Crippen molar-refractivity contribution in [1.29, 1.82) is 0 Å². The molecule has 0 bridgehead atoms. The van der Waals surface area contributed by atoms with E-state index in [1.54, 1.807) is 25.1 Å². The molecule has 3 aromatic rings. The molecule has 2 aromatic carbocycles. The van der Waals surface area contributed by atoms with E-state index in [1.807, 2.05) is 0 Å². The molecule has 0 saturated heterocycles. The first kappa shape index (κ1) is 17.4. The number of sulfone groups is 1. The molecule has 1 heterocycles. The van der Waals surface area contributed by atoms with Gasteiger partial charge in [0, 0.05) is 17.2 Å². The second kappa shape index (κ2) is 6.16. The number of nitrogens with one attached hydrogen (secondary N) is 1. The third-order valence-corrected chi connectivity index (χ3v) is 5.14. The first-order chi connectivity index (χ1) is 11.7. The van der Waals surface area contributed by atoms with Crippen LogP contribution in [0.4, 0.5) is 10.1 Å². The van der Waals surface area contributed by atoms with E-state index in [9.17, 15) is 17.6 Å². The highest BCUT2D eigenvalue weighted by atomic mass is 35.5. The Morgan fingerprint density at radius 1 is 1.24 bits per heavy atom. The average molecular weight is 382 g/mol. The Bertz CT molecular complexity index is 1110. The number of carbonyl (C=O) groups is 1. The van der Waals surface area contributed by atoms with E-state index in [2.05, 4.69) is 5.32 Å². The Hall–Kier alpha value is -2.38. The smallest absolute Gasteiger partial charge is 0.291 e. The highest BCUT2D eigenvalue weighted by Crippen LogP contribution is 2.31. The van der Waals surface area contributed by atoms with Gasteiger partial charge in [-0.25, -0.2) is 12.8 Å². The van der Waals surface area contributed by atoms with Crippen molar-refractivity contribution in [3.8, 4) is 0 Å². The number of fused-ring (bicyclic) bond motifs is 1. The molecule has 0 atom stereocenters. The van der Waals surface area contributed by atoms with Crippen molar-refractivity contribution in [2.24, 2.45) is 0 Å². The third-order valence-electron chi connectivity index (χ3n) is 3.74. The Kier molecular flexibility index (Phi) is 4.30. The van der Waals surface area contributed by atoms with Gasteiger partial charge < -0.3 is 9.73 Å². The number of rotatable bonds is 3. The van der Waals surface area contributed by atoms with Gasteiger partial charge in [0.05, 0.1) is 15.6 Å². The number of benzene rings is 2. The van der Waals surface area contributed by atoms with E-state index in [1.165, 1.54) is 0 Å². The van der Waals surface area contributed by atoms with Crippen LogP contribution >= 0.6 is 11.6 Å². The predicted octanol–water partition coefficient (Wildman–Crippen LogP) is 4.19. The number of amides is 1. The van der Waals surface area contributed by atoms with Crippen molar-refractivity contribution in [3.05, 3.63) is 58.6 Å². The Labute approximate surface area is 148 Å². The van der Waals surface area contributed by atoms with Crippen LogP contribution < -0.4 is 5.32 Å². The van der Waals surface area contributed by atoms with E-state index >= 15 is 0 Å². The van der Waals surface area contributed by atoms with Crippen molar-refractivity contribution in [1.82, 2.24) is 0 Å². The van der Waals surface area contributed by atoms with E-state index in [0.717, 1.165) is 24.5 Å². The van der Waals surface area contributed by atoms with Crippen molar-refractivity contribution in [3.63, 3.8) is 0 Å². The van der Waals surface area contributed by atoms with Crippen molar-refractivity contribution < 1.29 is 22.0 Å². The third kappa shape index (κ3) is 3.25. The summed E-state index contributed by atoms with van der Waals surface area (Å²) in [6, 6.07) is 8.28. The molecule has 3 rings (SSSR count). The molecule has 5 nitrogen and oxygen atoms in total. The minimum absolute atomic E-state index is 0.0211. The summed E-state index contributed by atoms with van der Waals surface area (Å²) in [7, 11) is -3.54. The van der Waals surface area contributed by atoms with Gasteiger partial charge in [0.25, 0.3) is 5.91 Å². The molecule has 0 aliphatic rings. The van der Waals surface area contributed by atoms with Gasteiger partial charge in [0.1, 0.15) is 5.82 Å². The molecule has 0 radical (unpaired) electrons. The molecule has 8 heteroatoms. The first-order valence-corrected chi connectivity index (χ1v) is 9.44. The minimum Gasteiger partial charge on any atom is -0.449 e. The SMILES string of the molecule is Cc1c(C(=O)Nc2cc(S(C)(=O)=O)ccc2F)oc2c(Cl)cccc12. The van der Waals surface area contributed by atoms with E-state index in [-0.39, 0.29) is 16.3 Å². The lowest BCUT2D eigenvalue weighted by Gasteiger charge is -2.07. The molecule has 0 spiro atoms. The van der Waals surface area contributed by atoms with Gasteiger partial charge in [-0.1, -0.05) is 23.7 Å².